The van der Waals surface area contributed by atoms with Crippen LogP contribution in [0.4, 0.5) is 0 Å². The zero-order chi connectivity index (χ0) is 23.9. The fourth-order valence-corrected chi connectivity index (χ4v) is 4.24. The van der Waals surface area contributed by atoms with Gasteiger partial charge in [0.25, 0.3) is 0 Å². The Morgan fingerprint density at radius 3 is 2.31 bits per heavy atom. The van der Waals surface area contributed by atoms with Gasteiger partial charge in [-0.05, 0) is 40.3 Å². The number of hydrogen-bond acceptors (Lipinski definition) is 5. The molecule has 0 aliphatic heterocycles. The first-order valence-electron chi connectivity index (χ1n) is 12.2. The molecule has 5 aromatic rings. The average Bonchev–Trinajstić information content (AvgIpc) is 3.58. The van der Waals surface area contributed by atoms with Gasteiger partial charge in [-0.2, -0.15) is 10.3 Å². The Hall–Kier alpha value is -4.13. The van der Waals surface area contributed by atoms with Crippen LogP contribution in [0.1, 0.15) is 42.5 Å². The normalized spacial score (nSPS) is 11.1. The molecule has 2 aromatic heterocycles. The Morgan fingerprint density at radius 1 is 0.800 bits per heavy atom. The van der Waals surface area contributed by atoms with Gasteiger partial charge in [0.15, 0.2) is 5.82 Å². The topological polar surface area (TPSA) is 85.2 Å². The number of aromatic nitrogens is 7. The first-order valence-corrected chi connectivity index (χ1v) is 12.2. The smallest absolute Gasteiger partial charge is 0.205 e. The molecule has 0 aliphatic rings. The molecule has 1 N–H and O–H groups in total. The van der Waals surface area contributed by atoms with E-state index in [0.29, 0.717) is 5.82 Å². The number of nitrogens with zero attached hydrogens (tertiary/aromatic N) is 6. The monoisotopic (exact) mass is 463 g/mol. The molecule has 0 saturated carbocycles. The summed E-state index contributed by atoms with van der Waals surface area (Å²) in [5.74, 6) is 2.55. The molecule has 0 amide bonds. The number of H-pyrrole nitrogens is 1. The van der Waals surface area contributed by atoms with Gasteiger partial charge in [-0.15, -0.1) is 10.2 Å². The zero-order valence-electron chi connectivity index (χ0n) is 19.9. The highest BCUT2D eigenvalue weighted by molar-refractivity contribution is 5.80. The van der Waals surface area contributed by atoms with E-state index in [0.717, 1.165) is 67.0 Å². The summed E-state index contributed by atoms with van der Waals surface area (Å²) < 4.78 is 2.10. The third kappa shape index (κ3) is 5.51. The van der Waals surface area contributed by atoms with Gasteiger partial charge in [-0.1, -0.05) is 92.2 Å². The van der Waals surface area contributed by atoms with E-state index in [-0.39, 0.29) is 0 Å². The van der Waals surface area contributed by atoms with Gasteiger partial charge >= 0.3 is 0 Å². The minimum absolute atomic E-state index is 0.594. The van der Waals surface area contributed by atoms with E-state index >= 15 is 0 Å². The summed E-state index contributed by atoms with van der Waals surface area (Å²) >= 11 is 0. The van der Waals surface area contributed by atoms with Crippen LogP contribution in [0.2, 0.25) is 0 Å². The number of nitrogens with one attached hydrogen (secondary N) is 1. The van der Waals surface area contributed by atoms with Crippen molar-refractivity contribution in [1.29, 1.82) is 0 Å². The Labute approximate surface area is 205 Å². The lowest BCUT2D eigenvalue weighted by Gasteiger charge is -2.09. The molecule has 0 fully saturated rings. The summed E-state index contributed by atoms with van der Waals surface area (Å²) in [7, 11) is 0. The van der Waals surface area contributed by atoms with Gasteiger partial charge < -0.3 is 0 Å². The van der Waals surface area contributed by atoms with Crippen LogP contribution >= 0.6 is 0 Å². The van der Waals surface area contributed by atoms with Crippen LogP contribution in [0.5, 0.6) is 0 Å². The number of aromatic amines is 1. The van der Waals surface area contributed by atoms with Gasteiger partial charge in [-0.25, -0.2) is 9.67 Å². The molecule has 5 rings (SSSR count). The van der Waals surface area contributed by atoms with E-state index in [2.05, 4.69) is 92.9 Å². The molecule has 0 radical (unpaired) electrons. The molecule has 0 bridgehead atoms. The van der Waals surface area contributed by atoms with Crippen LogP contribution < -0.4 is 0 Å². The highest BCUT2D eigenvalue weighted by Gasteiger charge is 2.13. The molecule has 0 aliphatic carbocycles. The van der Waals surface area contributed by atoms with Crippen LogP contribution in [-0.2, 0) is 25.8 Å². The molecule has 0 spiro atoms. The Morgan fingerprint density at radius 2 is 1.57 bits per heavy atom. The number of rotatable bonds is 10. The minimum atomic E-state index is 0.594. The highest BCUT2D eigenvalue weighted by atomic mass is 15.5. The van der Waals surface area contributed by atoms with E-state index in [1.54, 1.807) is 0 Å². The summed E-state index contributed by atoms with van der Waals surface area (Å²) in [6.45, 7) is 3.11. The summed E-state index contributed by atoms with van der Waals surface area (Å²) in [6, 6.07) is 27.3. The lowest BCUT2D eigenvalue weighted by atomic mass is 9.98. The van der Waals surface area contributed by atoms with Crippen LogP contribution in [0, 0.1) is 0 Å². The first-order chi connectivity index (χ1) is 17.3. The average molecular weight is 464 g/mol. The molecule has 3 aromatic carbocycles. The Bertz CT molecular complexity index is 1340. The molecule has 0 atom stereocenters. The lowest BCUT2D eigenvalue weighted by molar-refractivity contribution is 0.545. The second-order valence-corrected chi connectivity index (χ2v) is 8.66. The van der Waals surface area contributed by atoms with Crippen LogP contribution in [0.25, 0.3) is 22.5 Å². The standard InChI is InChI=1S/C28H29N7/c1-2-3-19-35-27(29-26(32-35)18-15-21-9-5-4-6-10-21)20-22-13-16-23(17-14-22)24-11-7-8-12-25(24)28-30-33-34-31-28/h4-14,16-17H,2-3,15,18-20H2,1H3,(H,30,31,33,34). The Kier molecular flexibility index (Phi) is 7.03. The van der Waals surface area contributed by atoms with E-state index in [9.17, 15) is 0 Å². The first kappa shape index (κ1) is 22.7. The number of benzene rings is 3. The molecule has 2 heterocycles. The van der Waals surface area contributed by atoms with Gasteiger partial charge in [0.2, 0.25) is 5.82 Å². The number of hydrogen-bond donors (Lipinski definition) is 1. The second-order valence-electron chi connectivity index (χ2n) is 8.66. The predicted molar refractivity (Wildman–Crippen MR) is 137 cm³/mol. The minimum Gasteiger partial charge on any atom is -0.249 e. The Balaban J connectivity index is 1.34. The van der Waals surface area contributed by atoms with Crippen molar-refractivity contribution in [3.05, 3.63) is 102 Å². The number of tetrazole rings is 1. The highest BCUT2D eigenvalue weighted by Crippen LogP contribution is 2.30. The van der Waals surface area contributed by atoms with Crippen LogP contribution in [0.15, 0.2) is 78.9 Å². The molecule has 0 saturated heterocycles. The van der Waals surface area contributed by atoms with Crippen molar-refractivity contribution in [2.24, 2.45) is 0 Å². The zero-order valence-corrected chi connectivity index (χ0v) is 19.9. The van der Waals surface area contributed by atoms with E-state index in [1.165, 1.54) is 11.1 Å². The van der Waals surface area contributed by atoms with Crippen molar-refractivity contribution in [2.45, 2.75) is 45.6 Å². The maximum Gasteiger partial charge on any atom is 0.205 e. The molecule has 35 heavy (non-hydrogen) atoms. The summed E-state index contributed by atoms with van der Waals surface area (Å²) in [4.78, 5) is 4.93. The predicted octanol–water partition coefficient (Wildman–Crippen LogP) is 5.30. The van der Waals surface area contributed by atoms with Crippen LogP contribution in [0.3, 0.4) is 0 Å². The summed E-state index contributed by atoms with van der Waals surface area (Å²) in [5, 5.41) is 19.4. The third-order valence-corrected chi connectivity index (χ3v) is 6.14. The van der Waals surface area contributed by atoms with Gasteiger partial charge in [-0.3, -0.25) is 0 Å². The van der Waals surface area contributed by atoms with E-state index in [4.69, 9.17) is 10.1 Å². The fraction of sp³-hybridized carbons (Fsp3) is 0.250. The van der Waals surface area contributed by atoms with Crippen molar-refractivity contribution < 1.29 is 0 Å². The quantitative estimate of drug-likeness (QED) is 0.304. The van der Waals surface area contributed by atoms with Crippen molar-refractivity contribution in [3.63, 3.8) is 0 Å². The van der Waals surface area contributed by atoms with Gasteiger partial charge in [0.05, 0.1) is 0 Å². The number of aryl methyl sites for hydroxylation is 3. The van der Waals surface area contributed by atoms with Crippen molar-refractivity contribution in [3.8, 4) is 22.5 Å². The largest absolute Gasteiger partial charge is 0.249 e. The maximum absolute atomic E-state index is 4.93. The summed E-state index contributed by atoms with van der Waals surface area (Å²) in [6.07, 6.45) is 4.79. The SMILES string of the molecule is CCCCn1nc(CCc2ccccc2)nc1Cc1ccc(-c2ccccc2-c2nn[nH]n2)cc1. The molecule has 0 unspecified atom stereocenters. The summed E-state index contributed by atoms with van der Waals surface area (Å²) in [5.41, 5.74) is 5.68. The molecule has 7 heteroatoms. The van der Waals surface area contributed by atoms with Crippen molar-refractivity contribution in [1.82, 2.24) is 35.4 Å². The van der Waals surface area contributed by atoms with Crippen LogP contribution in [-0.4, -0.2) is 35.4 Å². The molecule has 176 valence electrons. The van der Waals surface area contributed by atoms with Gasteiger partial charge in [0.1, 0.15) is 5.82 Å². The maximum atomic E-state index is 4.93. The molecular weight excluding hydrogens is 434 g/mol. The third-order valence-electron chi connectivity index (χ3n) is 6.14. The van der Waals surface area contributed by atoms with Crippen molar-refractivity contribution >= 4 is 0 Å². The molecule has 7 nitrogen and oxygen atoms in total. The van der Waals surface area contributed by atoms with Gasteiger partial charge in [0, 0.05) is 24.9 Å². The second kappa shape index (κ2) is 10.9. The molecular formula is C28H29N7. The lowest BCUT2D eigenvalue weighted by Crippen LogP contribution is -2.06. The van der Waals surface area contributed by atoms with E-state index in [1.807, 2.05) is 18.2 Å². The fourth-order valence-electron chi connectivity index (χ4n) is 4.24. The number of unbranched alkanes of at least 4 members (excludes halogenated alkanes) is 1. The van der Waals surface area contributed by atoms with Crippen molar-refractivity contribution in [2.75, 3.05) is 0 Å². The van der Waals surface area contributed by atoms with E-state index < -0.39 is 0 Å².